The predicted molar refractivity (Wildman–Crippen MR) is 196 cm³/mol. The summed E-state index contributed by atoms with van der Waals surface area (Å²) in [5.74, 6) is 4.06. The number of fused-ring (bicyclic) bond motifs is 8. The number of ether oxygens (including phenoxy) is 4. The van der Waals surface area contributed by atoms with Crippen molar-refractivity contribution in [2.45, 2.75) is 51.4 Å². The Morgan fingerprint density at radius 3 is 1.53 bits per heavy atom. The maximum Gasteiger partial charge on any atom is 0.252 e. The first-order valence-electron chi connectivity index (χ1n) is 18.1. The van der Waals surface area contributed by atoms with Crippen LogP contribution >= 0.6 is 0 Å². The highest BCUT2D eigenvalue weighted by Gasteiger charge is 2.44. The highest BCUT2D eigenvalue weighted by molar-refractivity contribution is 7.00. The van der Waals surface area contributed by atoms with Gasteiger partial charge in [0, 0.05) is 40.2 Å². The highest BCUT2D eigenvalue weighted by atomic mass is 16.5. The summed E-state index contributed by atoms with van der Waals surface area (Å²) in [6, 6.07) is 30.0. The number of nitrogens with zero attached hydrogens (tertiary/aromatic N) is 2. The summed E-state index contributed by atoms with van der Waals surface area (Å²) in [5, 5.41) is 0. The lowest BCUT2D eigenvalue weighted by Gasteiger charge is -2.45. The summed E-state index contributed by atoms with van der Waals surface area (Å²) < 4.78 is 25.0. The Balaban J connectivity index is 1.20. The van der Waals surface area contributed by atoms with E-state index in [0.717, 1.165) is 106 Å². The van der Waals surface area contributed by atoms with Crippen LogP contribution in [0.1, 0.15) is 47.9 Å². The molecule has 0 saturated carbocycles. The van der Waals surface area contributed by atoms with Crippen molar-refractivity contribution >= 4 is 57.2 Å². The van der Waals surface area contributed by atoms with Crippen LogP contribution in [0.15, 0.2) is 78.9 Å². The Kier molecular flexibility index (Phi) is 6.10. The average molecular weight is 645 g/mol. The van der Waals surface area contributed by atoms with Crippen LogP contribution in [0.4, 0.5) is 34.1 Å². The van der Waals surface area contributed by atoms with Crippen LogP contribution in [0, 0.1) is 0 Å². The third-order valence-corrected chi connectivity index (χ3v) is 11.4. The third-order valence-electron chi connectivity index (χ3n) is 11.4. The summed E-state index contributed by atoms with van der Waals surface area (Å²) in [6.07, 6.45) is 8.33. The summed E-state index contributed by atoms with van der Waals surface area (Å²) in [6.45, 7) is 3.10. The molecule has 11 rings (SSSR count). The van der Waals surface area contributed by atoms with E-state index in [1.165, 1.54) is 67.1 Å². The van der Waals surface area contributed by atoms with Gasteiger partial charge in [-0.2, -0.15) is 0 Å². The predicted octanol–water partition coefficient (Wildman–Crippen LogP) is 7.07. The number of anilines is 6. The van der Waals surface area contributed by atoms with Gasteiger partial charge < -0.3 is 28.7 Å². The summed E-state index contributed by atoms with van der Waals surface area (Å²) in [4.78, 5) is 4.99. The molecular weight excluding hydrogens is 607 g/mol. The lowest BCUT2D eigenvalue weighted by Crippen LogP contribution is -2.61. The topological polar surface area (TPSA) is 43.4 Å². The lowest BCUT2D eigenvalue weighted by molar-refractivity contribution is 0.288. The fourth-order valence-corrected chi connectivity index (χ4v) is 9.13. The number of hydrogen-bond acceptors (Lipinski definition) is 6. The molecule has 6 aliphatic heterocycles. The summed E-state index contributed by atoms with van der Waals surface area (Å²) in [7, 11) is 0. The lowest BCUT2D eigenvalue weighted by atomic mass is 9.33. The Hall–Kier alpha value is -5.04. The van der Waals surface area contributed by atoms with Gasteiger partial charge in [-0.15, -0.1) is 0 Å². The van der Waals surface area contributed by atoms with E-state index in [9.17, 15) is 0 Å². The fraction of sp³-hybridized carbons (Fsp3) is 0.286. The van der Waals surface area contributed by atoms with Crippen LogP contribution in [0.5, 0.6) is 23.0 Å². The van der Waals surface area contributed by atoms with Crippen molar-refractivity contribution in [1.82, 2.24) is 0 Å². The van der Waals surface area contributed by atoms with Gasteiger partial charge in [0.25, 0.3) is 6.71 Å². The molecule has 49 heavy (non-hydrogen) atoms. The van der Waals surface area contributed by atoms with E-state index in [-0.39, 0.29) is 6.71 Å². The minimum Gasteiger partial charge on any atom is -0.493 e. The van der Waals surface area contributed by atoms with Gasteiger partial charge in [-0.1, -0.05) is 12.1 Å². The van der Waals surface area contributed by atoms with Gasteiger partial charge in [0.05, 0.1) is 26.4 Å². The molecule has 0 atom stereocenters. The average Bonchev–Trinajstić information content (AvgIpc) is 3.16. The van der Waals surface area contributed by atoms with Crippen molar-refractivity contribution in [3.63, 3.8) is 0 Å². The van der Waals surface area contributed by atoms with Gasteiger partial charge in [-0.3, -0.25) is 0 Å². The maximum absolute atomic E-state index is 6.37. The number of hydrogen-bond donors (Lipinski definition) is 0. The second-order valence-electron chi connectivity index (χ2n) is 14.2. The molecule has 0 fully saturated rings. The van der Waals surface area contributed by atoms with Crippen molar-refractivity contribution in [3.8, 4) is 23.0 Å². The minimum atomic E-state index is 0.0187. The van der Waals surface area contributed by atoms with Crippen LogP contribution in [0.3, 0.4) is 0 Å². The first kappa shape index (κ1) is 27.9. The van der Waals surface area contributed by atoms with Gasteiger partial charge in [0.2, 0.25) is 0 Å². The fourth-order valence-electron chi connectivity index (χ4n) is 9.13. The molecule has 0 radical (unpaired) electrons. The molecule has 0 spiro atoms. The second-order valence-corrected chi connectivity index (χ2v) is 14.2. The van der Waals surface area contributed by atoms with Crippen LogP contribution < -0.4 is 45.1 Å². The molecule has 0 amide bonds. The van der Waals surface area contributed by atoms with Crippen molar-refractivity contribution in [3.05, 3.63) is 101 Å². The smallest absolute Gasteiger partial charge is 0.252 e. The van der Waals surface area contributed by atoms with E-state index in [1.807, 2.05) is 0 Å². The summed E-state index contributed by atoms with van der Waals surface area (Å²) in [5.41, 5.74) is 16.2. The largest absolute Gasteiger partial charge is 0.493 e. The van der Waals surface area contributed by atoms with E-state index in [4.69, 9.17) is 18.9 Å². The minimum absolute atomic E-state index is 0.0187. The van der Waals surface area contributed by atoms with E-state index in [1.54, 1.807) is 0 Å². The molecule has 0 N–H and O–H groups in total. The number of aryl methyl sites for hydroxylation is 4. The van der Waals surface area contributed by atoms with E-state index < -0.39 is 0 Å². The zero-order valence-corrected chi connectivity index (χ0v) is 27.6. The Morgan fingerprint density at radius 1 is 0.429 bits per heavy atom. The molecule has 5 aromatic rings. The van der Waals surface area contributed by atoms with Crippen LogP contribution in [-0.4, -0.2) is 33.1 Å². The molecular formula is C42H37BN2O4. The quantitative estimate of drug-likeness (QED) is 0.188. The maximum atomic E-state index is 6.37. The normalized spacial score (nSPS) is 17.8. The Bertz CT molecular complexity index is 2050. The highest BCUT2D eigenvalue weighted by Crippen LogP contribution is 2.47. The van der Waals surface area contributed by atoms with Crippen LogP contribution in [-0.2, 0) is 25.7 Å². The van der Waals surface area contributed by atoms with E-state index in [0.29, 0.717) is 0 Å². The van der Waals surface area contributed by atoms with Gasteiger partial charge in [0.15, 0.2) is 0 Å². The SMILES string of the molecule is c1cc2c3c(c1)N(c1ccc4c(c1)OCCC4)c1cc4c(cc1B3c1cc3c(cc1N2c1ccc2c(c1)CCCO2)CCCO3)OCCC4. The monoisotopic (exact) mass is 644 g/mol. The van der Waals surface area contributed by atoms with Crippen molar-refractivity contribution in [2.24, 2.45) is 0 Å². The van der Waals surface area contributed by atoms with Crippen LogP contribution in [0.2, 0.25) is 0 Å². The summed E-state index contributed by atoms with van der Waals surface area (Å²) >= 11 is 0. The molecule has 7 heteroatoms. The van der Waals surface area contributed by atoms with Crippen LogP contribution in [0.25, 0.3) is 0 Å². The molecule has 6 aliphatic rings. The molecule has 242 valence electrons. The van der Waals surface area contributed by atoms with Gasteiger partial charge >= 0.3 is 0 Å². The standard InChI is InChI=1S/C42H37BN2O4/c1-10-34-42-35(11-1)45(31-13-12-26-6-2-17-47-39(26)23-31)37-22-29-9-5-19-49-41(29)25-33(37)43(42)32-24-40-28(8-4-18-48-40)21-36(32)44(34)30-14-15-38-27(20-30)7-3-16-46-38/h1,10-15,20-25H,2-9,16-19H2. The zero-order valence-electron chi connectivity index (χ0n) is 27.6. The molecule has 0 aromatic heterocycles. The number of benzene rings is 5. The molecule has 6 heterocycles. The molecule has 0 saturated heterocycles. The molecule has 0 aliphatic carbocycles. The van der Waals surface area contributed by atoms with Crippen molar-refractivity contribution in [1.29, 1.82) is 0 Å². The van der Waals surface area contributed by atoms with Gasteiger partial charge in [-0.05, 0) is 151 Å². The van der Waals surface area contributed by atoms with Gasteiger partial charge in [0.1, 0.15) is 23.0 Å². The third kappa shape index (κ3) is 4.20. The molecule has 6 nitrogen and oxygen atoms in total. The Labute approximate surface area is 287 Å². The van der Waals surface area contributed by atoms with Gasteiger partial charge in [-0.25, -0.2) is 0 Å². The van der Waals surface area contributed by atoms with Crippen molar-refractivity contribution < 1.29 is 18.9 Å². The molecule has 5 aromatic carbocycles. The van der Waals surface area contributed by atoms with E-state index in [2.05, 4.69) is 88.7 Å². The first-order valence-corrected chi connectivity index (χ1v) is 18.1. The number of rotatable bonds is 2. The van der Waals surface area contributed by atoms with Crippen molar-refractivity contribution in [2.75, 3.05) is 36.2 Å². The first-order chi connectivity index (χ1) is 24.3. The molecule has 0 bridgehead atoms. The van der Waals surface area contributed by atoms with E-state index >= 15 is 0 Å². The second kappa shape index (κ2) is 10.7. The molecule has 0 unspecified atom stereocenters. The Morgan fingerprint density at radius 2 is 0.918 bits per heavy atom. The zero-order chi connectivity index (χ0) is 32.1.